The lowest BCUT2D eigenvalue weighted by molar-refractivity contribution is -0.174. The Hall–Kier alpha value is -1.63. The summed E-state index contributed by atoms with van der Waals surface area (Å²) >= 11 is 0. The zero-order valence-electron chi connectivity index (χ0n) is 11.4. The number of esters is 3. The van der Waals surface area contributed by atoms with Crippen LogP contribution in [-0.2, 0) is 33.3 Å². The van der Waals surface area contributed by atoms with Crippen LogP contribution in [0.5, 0.6) is 0 Å². The average molecular weight is 274 g/mol. The fourth-order valence-electron chi connectivity index (χ4n) is 1.89. The SMILES string of the molecule is CC(=O)OC[C@]1(C)OC[C@@H](OC(C)=O)[C@H]1OC(C)=O. The molecule has 1 aliphatic rings. The van der Waals surface area contributed by atoms with E-state index < -0.39 is 35.7 Å². The molecule has 0 aromatic heterocycles. The van der Waals surface area contributed by atoms with E-state index in [0.29, 0.717) is 0 Å². The minimum Gasteiger partial charge on any atom is -0.463 e. The van der Waals surface area contributed by atoms with E-state index in [0.717, 1.165) is 0 Å². The highest BCUT2D eigenvalue weighted by Crippen LogP contribution is 2.31. The maximum Gasteiger partial charge on any atom is 0.303 e. The highest BCUT2D eigenvalue weighted by atomic mass is 16.6. The van der Waals surface area contributed by atoms with Crippen molar-refractivity contribution in [3.63, 3.8) is 0 Å². The second kappa shape index (κ2) is 6.01. The van der Waals surface area contributed by atoms with Gasteiger partial charge in [0.25, 0.3) is 0 Å². The van der Waals surface area contributed by atoms with Crippen LogP contribution >= 0.6 is 0 Å². The molecule has 0 saturated carbocycles. The molecule has 7 heteroatoms. The highest BCUT2D eigenvalue weighted by molar-refractivity contribution is 5.68. The lowest BCUT2D eigenvalue weighted by Gasteiger charge is -2.30. The summed E-state index contributed by atoms with van der Waals surface area (Å²) in [5.41, 5.74) is -1.03. The Bertz CT molecular complexity index is 378. The molecule has 0 aromatic rings. The van der Waals surface area contributed by atoms with Gasteiger partial charge in [0.05, 0.1) is 6.61 Å². The van der Waals surface area contributed by atoms with Gasteiger partial charge >= 0.3 is 17.9 Å². The second-order valence-corrected chi connectivity index (χ2v) is 4.58. The maximum absolute atomic E-state index is 11.1. The second-order valence-electron chi connectivity index (χ2n) is 4.58. The molecule has 0 aliphatic carbocycles. The molecule has 1 saturated heterocycles. The summed E-state index contributed by atoms with van der Waals surface area (Å²) < 4.78 is 20.6. The smallest absolute Gasteiger partial charge is 0.303 e. The van der Waals surface area contributed by atoms with Crippen LogP contribution in [0.2, 0.25) is 0 Å². The molecular formula is C12H18O7. The van der Waals surface area contributed by atoms with Crippen molar-refractivity contribution in [1.82, 2.24) is 0 Å². The van der Waals surface area contributed by atoms with Crippen molar-refractivity contribution in [1.29, 1.82) is 0 Å². The average Bonchev–Trinajstić information content (AvgIpc) is 2.55. The van der Waals surface area contributed by atoms with Gasteiger partial charge in [-0.2, -0.15) is 0 Å². The number of rotatable bonds is 4. The van der Waals surface area contributed by atoms with E-state index in [1.54, 1.807) is 6.92 Å². The zero-order valence-corrected chi connectivity index (χ0v) is 11.4. The Kier molecular flexibility index (Phi) is 4.88. The van der Waals surface area contributed by atoms with Crippen LogP contribution in [0.1, 0.15) is 27.7 Å². The minimum atomic E-state index is -1.03. The van der Waals surface area contributed by atoms with Crippen LogP contribution in [0.4, 0.5) is 0 Å². The Morgan fingerprint density at radius 3 is 2.16 bits per heavy atom. The van der Waals surface area contributed by atoms with Gasteiger partial charge in [-0.05, 0) is 6.92 Å². The molecule has 1 rings (SSSR count). The molecule has 108 valence electrons. The van der Waals surface area contributed by atoms with Gasteiger partial charge in [0.1, 0.15) is 12.2 Å². The van der Waals surface area contributed by atoms with Gasteiger partial charge in [-0.15, -0.1) is 0 Å². The molecule has 0 N–H and O–H groups in total. The van der Waals surface area contributed by atoms with Crippen molar-refractivity contribution in [2.45, 2.75) is 45.5 Å². The van der Waals surface area contributed by atoms with Crippen LogP contribution in [0.15, 0.2) is 0 Å². The van der Waals surface area contributed by atoms with E-state index in [4.69, 9.17) is 18.9 Å². The molecule has 1 fully saturated rings. The molecule has 0 aromatic carbocycles. The van der Waals surface area contributed by atoms with Crippen LogP contribution in [0.25, 0.3) is 0 Å². The quantitative estimate of drug-likeness (QED) is 0.534. The largest absolute Gasteiger partial charge is 0.463 e. The summed E-state index contributed by atoms with van der Waals surface area (Å²) in [5, 5.41) is 0. The van der Waals surface area contributed by atoms with Gasteiger partial charge in [-0.25, -0.2) is 0 Å². The summed E-state index contributed by atoms with van der Waals surface area (Å²) in [6.45, 7) is 5.39. The van der Waals surface area contributed by atoms with Gasteiger partial charge in [0.2, 0.25) is 0 Å². The summed E-state index contributed by atoms with van der Waals surface area (Å²) in [4.78, 5) is 33.0. The summed E-state index contributed by atoms with van der Waals surface area (Å²) in [6.07, 6.45) is -1.52. The van der Waals surface area contributed by atoms with Crippen LogP contribution < -0.4 is 0 Å². The van der Waals surface area contributed by atoms with E-state index in [1.807, 2.05) is 0 Å². The lowest BCUT2D eigenvalue weighted by Crippen LogP contribution is -2.48. The third-order valence-electron chi connectivity index (χ3n) is 2.69. The molecular weight excluding hydrogens is 256 g/mol. The Balaban J connectivity index is 2.81. The normalized spacial score (nSPS) is 29.7. The van der Waals surface area contributed by atoms with E-state index in [1.165, 1.54) is 20.8 Å². The van der Waals surface area contributed by atoms with Gasteiger partial charge in [0.15, 0.2) is 12.2 Å². The fourth-order valence-corrected chi connectivity index (χ4v) is 1.89. The van der Waals surface area contributed by atoms with E-state index in [2.05, 4.69) is 0 Å². The van der Waals surface area contributed by atoms with Gasteiger partial charge < -0.3 is 18.9 Å². The molecule has 1 aliphatic heterocycles. The zero-order chi connectivity index (χ0) is 14.6. The van der Waals surface area contributed by atoms with Gasteiger partial charge in [0, 0.05) is 20.8 Å². The Labute approximate surface area is 111 Å². The van der Waals surface area contributed by atoms with Crippen molar-refractivity contribution in [2.24, 2.45) is 0 Å². The minimum absolute atomic E-state index is 0.0787. The summed E-state index contributed by atoms with van der Waals surface area (Å²) in [6, 6.07) is 0. The van der Waals surface area contributed by atoms with Gasteiger partial charge in [-0.1, -0.05) is 0 Å². The maximum atomic E-state index is 11.1. The first-order chi connectivity index (χ1) is 8.74. The van der Waals surface area contributed by atoms with Crippen molar-refractivity contribution >= 4 is 17.9 Å². The molecule has 0 spiro atoms. The van der Waals surface area contributed by atoms with Crippen molar-refractivity contribution in [3.05, 3.63) is 0 Å². The number of hydrogen-bond donors (Lipinski definition) is 0. The first kappa shape index (κ1) is 15.4. The predicted octanol–water partition coefficient (Wildman–Crippen LogP) is 0.202. The highest BCUT2D eigenvalue weighted by Gasteiger charge is 2.51. The van der Waals surface area contributed by atoms with Crippen molar-refractivity contribution in [3.8, 4) is 0 Å². The standard InChI is InChI=1S/C12H18O7/c1-7(13)16-6-12(4)11(19-9(3)15)10(5-17-12)18-8(2)14/h10-11H,5-6H2,1-4H3/t10-,11-,12+/m1/s1. The first-order valence-corrected chi connectivity index (χ1v) is 5.86. The van der Waals surface area contributed by atoms with E-state index >= 15 is 0 Å². The van der Waals surface area contributed by atoms with E-state index in [-0.39, 0.29) is 13.2 Å². The molecule has 0 radical (unpaired) electrons. The molecule has 3 atom stereocenters. The van der Waals surface area contributed by atoms with Crippen LogP contribution in [-0.4, -0.2) is 48.9 Å². The summed E-state index contributed by atoms with van der Waals surface area (Å²) in [7, 11) is 0. The number of ether oxygens (including phenoxy) is 4. The van der Waals surface area contributed by atoms with E-state index in [9.17, 15) is 14.4 Å². The Morgan fingerprint density at radius 1 is 1.11 bits per heavy atom. The number of hydrogen-bond acceptors (Lipinski definition) is 7. The molecule has 1 heterocycles. The number of carbonyl (C=O) groups excluding carboxylic acids is 3. The van der Waals surface area contributed by atoms with Crippen LogP contribution in [0.3, 0.4) is 0 Å². The lowest BCUT2D eigenvalue weighted by atomic mass is 9.98. The third-order valence-corrected chi connectivity index (χ3v) is 2.69. The summed E-state index contributed by atoms with van der Waals surface area (Å²) in [5.74, 6) is -1.49. The Morgan fingerprint density at radius 2 is 1.68 bits per heavy atom. The molecule has 0 unspecified atom stereocenters. The molecule has 19 heavy (non-hydrogen) atoms. The van der Waals surface area contributed by atoms with Gasteiger partial charge in [-0.3, -0.25) is 14.4 Å². The number of carbonyl (C=O) groups is 3. The molecule has 0 amide bonds. The van der Waals surface area contributed by atoms with Crippen molar-refractivity contribution < 1.29 is 33.3 Å². The van der Waals surface area contributed by atoms with Crippen LogP contribution in [0, 0.1) is 0 Å². The molecule has 7 nitrogen and oxygen atoms in total. The first-order valence-electron chi connectivity index (χ1n) is 5.86. The predicted molar refractivity (Wildman–Crippen MR) is 62.1 cm³/mol. The topological polar surface area (TPSA) is 88.1 Å². The fraction of sp³-hybridized carbons (Fsp3) is 0.750. The monoisotopic (exact) mass is 274 g/mol. The third kappa shape index (κ3) is 4.20. The van der Waals surface area contributed by atoms with Crippen molar-refractivity contribution in [2.75, 3.05) is 13.2 Å². The molecule has 0 bridgehead atoms.